The molecule has 2 fully saturated rings. The van der Waals surface area contributed by atoms with Gasteiger partial charge in [0.15, 0.2) is 11.5 Å². The first-order valence-electron chi connectivity index (χ1n) is 10.8. The second-order valence-electron chi connectivity index (χ2n) is 8.48. The van der Waals surface area contributed by atoms with E-state index < -0.39 is 0 Å². The molecule has 0 radical (unpaired) electrons. The van der Waals surface area contributed by atoms with Crippen molar-refractivity contribution in [2.45, 2.75) is 90.1 Å². The highest BCUT2D eigenvalue weighted by Gasteiger charge is 2.33. The SMILES string of the molecule is CCCc1ccc(C2CCC(C3CCC(CCC)CC3)OC2)c(O)c1O. The Morgan fingerprint density at radius 1 is 0.923 bits per heavy atom. The van der Waals surface area contributed by atoms with Gasteiger partial charge in [-0.15, -0.1) is 0 Å². The van der Waals surface area contributed by atoms with Crippen molar-refractivity contribution in [2.75, 3.05) is 6.61 Å². The largest absolute Gasteiger partial charge is 0.504 e. The lowest BCUT2D eigenvalue weighted by molar-refractivity contribution is -0.0438. The maximum absolute atomic E-state index is 10.4. The molecule has 1 saturated carbocycles. The van der Waals surface area contributed by atoms with Crippen molar-refractivity contribution in [3.05, 3.63) is 23.3 Å². The van der Waals surface area contributed by atoms with Crippen molar-refractivity contribution in [2.24, 2.45) is 11.8 Å². The second kappa shape index (κ2) is 9.12. The average molecular weight is 361 g/mol. The molecule has 146 valence electrons. The Bertz CT molecular complexity index is 567. The van der Waals surface area contributed by atoms with Gasteiger partial charge in [0.2, 0.25) is 0 Å². The second-order valence-corrected chi connectivity index (χ2v) is 8.48. The normalized spacial score (nSPS) is 29.6. The molecule has 3 rings (SSSR count). The lowest BCUT2D eigenvalue weighted by atomic mass is 9.75. The van der Waals surface area contributed by atoms with Crippen molar-refractivity contribution in [3.8, 4) is 11.5 Å². The van der Waals surface area contributed by atoms with E-state index in [1.807, 2.05) is 12.1 Å². The molecule has 0 aromatic heterocycles. The molecule has 1 aliphatic heterocycles. The third-order valence-corrected chi connectivity index (χ3v) is 6.65. The molecule has 0 amide bonds. The highest BCUT2D eigenvalue weighted by Crippen LogP contribution is 2.43. The van der Waals surface area contributed by atoms with Crippen molar-refractivity contribution in [1.82, 2.24) is 0 Å². The van der Waals surface area contributed by atoms with Crippen LogP contribution < -0.4 is 0 Å². The molecule has 1 heterocycles. The number of benzene rings is 1. The molecule has 2 N–H and O–H groups in total. The molecule has 3 heteroatoms. The van der Waals surface area contributed by atoms with Crippen LogP contribution in [0.25, 0.3) is 0 Å². The summed E-state index contributed by atoms with van der Waals surface area (Å²) in [4.78, 5) is 0. The molecular weight excluding hydrogens is 324 g/mol. The third kappa shape index (κ3) is 4.36. The Morgan fingerprint density at radius 3 is 2.31 bits per heavy atom. The van der Waals surface area contributed by atoms with Gasteiger partial charge in [0, 0.05) is 11.5 Å². The minimum atomic E-state index is 0.0701. The van der Waals surface area contributed by atoms with Gasteiger partial charge in [-0.05, 0) is 49.5 Å². The summed E-state index contributed by atoms with van der Waals surface area (Å²) >= 11 is 0. The molecule has 26 heavy (non-hydrogen) atoms. The van der Waals surface area contributed by atoms with Crippen molar-refractivity contribution >= 4 is 0 Å². The summed E-state index contributed by atoms with van der Waals surface area (Å²) in [6, 6.07) is 3.96. The molecule has 1 aromatic rings. The van der Waals surface area contributed by atoms with E-state index in [-0.39, 0.29) is 17.4 Å². The zero-order valence-electron chi connectivity index (χ0n) is 16.5. The average Bonchev–Trinajstić information content (AvgIpc) is 2.67. The van der Waals surface area contributed by atoms with Crippen LogP contribution in [0, 0.1) is 11.8 Å². The van der Waals surface area contributed by atoms with Crippen LogP contribution in [0.4, 0.5) is 0 Å². The van der Waals surface area contributed by atoms with Crippen LogP contribution in [0.3, 0.4) is 0 Å². The number of phenols is 2. The van der Waals surface area contributed by atoms with E-state index in [9.17, 15) is 10.2 Å². The monoisotopic (exact) mass is 360 g/mol. The predicted octanol–water partition coefficient (Wildman–Crippen LogP) is 5.92. The highest BCUT2D eigenvalue weighted by atomic mass is 16.5. The van der Waals surface area contributed by atoms with E-state index in [1.54, 1.807) is 0 Å². The van der Waals surface area contributed by atoms with E-state index in [0.29, 0.717) is 12.7 Å². The van der Waals surface area contributed by atoms with Gasteiger partial charge < -0.3 is 14.9 Å². The fourth-order valence-corrected chi connectivity index (χ4v) is 5.08. The van der Waals surface area contributed by atoms with Crippen molar-refractivity contribution in [1.29, 1.82) is 0 Å². The van der Waals surface area contributed by atoms with E-state index in [0.717, 1.165) is 48.6 Å². The standard InChI is InChI=1S/C23H36O3/c1-3-5-16-7-9-17(10-8-16)21-14-12-19(15-26-21)20-13-11-18(6-4-2)22(24)23(20)25/h11,13,16-17,19,21,24-25H,3-10,12,14-15H2,1-2H3. The van der Waals surface area contributed by atoms with Crippen molar-refractivity contribution in [3.63, 3.8) is 0 Å². The van der Waals surface area contributed by atoms with Gasteiger partial charge in [0.25, 0.3) is 0 Å². The van der Waals surface area contributed by atoms with Crippen LogP contribution >= 0.6 is 0 Å². The van der Waals surface area contributed by atoms with Gasteiger partial charge in [0.1, 0.15) is 0 Å². The first-order chi connectivity index (χ1) is 12.6. The molecular formula is C23H36O3. The van der Waals surface area contributed by atoms with E-state index in [2.05, 4.69) is 13.8 Å². The van der Waals surface area contributed by atoms with Crippen LogP contribution in [-0.2, 0) is 11.2 Å². The minimum absolute atomic E-state index is 0.0701. The number of aryl methyl sites for hydroxylation is 1. The molecule has 0 spiro atoms. The number of ether oxygens (including phenoxy) is 1. The fourth-order valence-electron chi connectivity index (χ4n) is 5.08. The molecule has 2 aliphatic rings. The Morgan fingerprint density at radius 2 is 1.69 bits per heavy atom. The van der Waals surface area contributed by atoms with Gasteiger partial charge in [-0.3, -0.25) is 0 Å². The third-order valence-electron chi connectivity index (χ3n) is 6.65. The first-order valence-corrected chi connectivity index (χ1v) is 10.8. The molecule has 1 aliphatic carbocycles. The van der Waals surface area contributed by atoms with E-state index in [1.165, 1.54) is 38.5 Å². The summed E-state index contributed by atoms with van der Waals surface area (Å²) in [6.07, 6.45) is 12.3. The number of hydrogen-bond donors (Lipinski definition) is 2. The number of phenolic OH excluding ortho intramolecular Hbond substituents is 2. The summed E-state index contributed by atoms with van der Waals surface area (Å²) < 4.78 is 6.26. The maximum atomic E-state index is 10.4. The summed E-state index contributed by atoms with van der Waals surface area (Å²) in [7, 11) is 0. The van der Waals surface area contributed by atoms with Gasteiger partial charge >= 0.3 is 0 Å². The smallest absolute Gasteiger partial charge is 0.161 e. The minimum Gasteiger partial charge on any atom is -0.504 e. The number of hydrogen-bond acceptors (Lipinski definition) is 3. The Hall–Kier alpha value is -1.22. The molecule has 3 nitrogen and oxygen atoms in total. The van der Waals surface area contributed by atoms with Crippen LogP contribution in [-0.4, -0.2) is 22.9 Å². The summed E-state index contributed by atoms with van der Waals surface area (Å²) in [5.74, 6) is 2.00. The van der Waals surface area contributed by atoms with Gasteiger partial charge in [-0.2, -0.15) is 0 Å². The molecule has 0 bridgehead atoms. The van der Waals surface area contributed by atoms with E-state index in [4.69, 9.17) is 4.74 Å². The molecule has 2 atom stereocenters. The summed E-state index contributed by atoms with van der Waals surface area (Å²) in [5.41, 5.74) is 1.69. The van der Waals surface area contributed by atoms with E-state index >= 15 is 0 Å². The van der Waals surface area contributed by atoms with Gasteiger partial charge in [-0.1, -0.05) is 58.1 Å². The van der Waals surface area contributed by atoms with Crippen LogP contribution in [0.5, 0.6) is 11.5 Å². The van der Waals surface area contributed by atoms with Crippen molar-refractivity contribution < 1.29 is 14.9 Å². The first kappa shape index (κ1) is 19.5. The zero-order chi connectivity index (χ0) is 18.5. The van der Waals surface area contributed by atoms with Crippen LogP contribution in [0.1, 0.15) is 88.7 Å². The Kier molecular flexibility index (Phi) is 6.86. The van der Waals surface area contributed by atoms with Gasteiger partial charge in [-0.25, -0.2) is 0 Å². The van der Waals surface area contributed by atoms with Gasteiger partial charge in [0.05, 0.1) is 12.7 Å². The Labute approximate surface area is 158 Å². The highest BCUT2D eigenvalue weighted by molar-refractivity contribution is 5.51. The predicted molar refractivity (Wildman–Crippen MR) is 106 cm³/mol. The summed E-state index contributed by atoms with van der Waals surface area (Å²) in [5, 5.41) is 20.7. The summed E-state index contributed by atoms with van der Waals surface area (Å²) in [6.45, 7) is 5.04. The molecule has 1 saturated heterocycles. The van der Waals surface area contributed by atoms with Crippen LogP contribution in [0.2, 0.25) is 0 Å². The molecule has 1 aromatic carbocycles. The van der Waals surface area contributed by atoms with Crippen LogP contribution in [0.15, 0.2) is 12.1 Å². The lowest BCUT2D eigenvalue weighted by Gasteiger charge is -2.38. The zero-order valence-corrected chi connectivity index (χ0v) is 16.5. The number of aromatic hydroxyl groups is 2. The topological polar surface area (TPSA) is 49.7 Å². The Balaban J connectivity index is 1.55. The lowest BCUT2D eigenvalue weighted by Crippen LogP contribution is -2.33. The number of rotatable bonds is 6. The maximum Gasteiger partial charge on any atom is 0.161 e. The quantitative estimate of drug-likeness (QED) is 0.619. The molecule has 2 unspecified atom stereocenters. The fraction of sp³-hybridized carbons (Fsp3) is 0.739.